The van der Waals surface area contributed by atoms with Crippen LogP contribution in [0.5, 0.6) is 0 Å². The fourth-order valence-electron chi connectivity index (χ4n) is 4.36. The summed E-state index contributed by atoms with van der Waals surface area (Å²) in [7, 11) is 0. The van der Waals surface area contributed by atoms with E-state index in [0.717, 1.165) is 52.2 Å². The van der Waals surface area contributed by atoms with Crippen LogP contribution in [0.2, 0.25) is 0 Å². The third-order valence-corrected chi connectivity index (χ3v) is 6.23. The van der Waals surface area contributed by atoms with E-state index < -0.39 is 11.6 Å². The molecule has 1 spiro atoms. The van der Waals surface area contributed by atoms with Gasteiger partial charge in [0.2, 0.25) is 5.91 Å². The molecule has 0 unspecified atom stereocenters. The summed E-state index contributed by atoms with van der Waals surface area (Å²) in [5.41, 5.74) is 5.28. The maximum absolute atomic E-state index is 12.3. The van der Waals surface area contributed by atoms with E-state index in [1.807, 2.05) is 4.90 Å². The first-order chi connectivity index (χ1) is 12.9. The Labute approximate surface area is 162 Å². The second kappa shape index (κ2) is 8.75. The first kappa shape index (κ1) is 20.4. The van der Waals surface area contributed by atoms with Gasteiger partial charge in [-0.2, -0.15) is 0 Å². The van der Waals surface area contributed by atoms with Crippen molar-refractivity contribution in [2.24, 2.45) is 5.73 Å². The highest BCUT2D eigenvalue weighted by atomic mass is 16.6. The zero-order valence-corrected chi connectivity index (χ0v) is 16.9. The quantitative estimate of drug-likeness (QED) is 0.707. The van der Waals surface area contributed by atoms with Crippen molar-refractivity contribution in [3.8, 4) is 0 Å². The molecule has 0 aromatic rings. The predicted octanol–water partition coefficient (Wildman–Crippen LogP) is 0.175. The van der Waals surface area contributed by atoms with Crippen LogP contribution < -0.4 is 5.73 Å². The molecule has 3 rings (SSSR count). The van der Waals surface area contributed by atoms with Crippen molar-refractivity contribution in [1.82, 2.24) is 19.6 Å². The van der Waals surface area contributed by atoms with Gasteiger partial charge >= 0.3 is 6.09 Å². The number of rotatable bonds is 6. The number of piperazine rings is 1. The van der Waals surface area contributed by atoms with Crippen LogP contribution in [-0.4, -0.2) is 109 Å². The lowest BCUT2D eigenvalue weighted by Gasteiger charge is -2.38. The van der Waals surface area contributed by atoms with E-state index in [1.165, 1.54) is 0 Å². The van der Waals surface area contributed by atoms with Crippen molar-refractivity contribution in [2.75, 3.05) is 65.4 Å². The van der Waals surface area contributed by atoms with Crippen molar-refractivity contribution in [1.29, 1.82) is 0 Å². The Morgan fingerprint density at radius 2 is 1.74 bits per heavy atom. The fourth-order valence-corrected chi connectivity index (χ4v) is 4.36. The lowest BCUT2D eigenvalue weighted by Crippen LogP contribution is -2.52. The minimum Gasteiger partial charge on any atom is -0.441 e. The third-order valence-electron chi connectivity index (χ3n) is 6.23. The standard InChI is InChI=1S/C19H35N5O3/c1-3-21-11-13-22(14-12-21)7-4-8-24-15-19(27-18(24)26)5-9-23(10-6-19)17(25)16(2)20/h16H,3-15,20H2,1-2H3/t16-/m0/s1. The van der Waals surface area contributed by atoms with Crippen LogP contribution >= 0.6 is 0 Å². The summed E-state index contributed by atoms with van der Waals surface area (Å²) in [6.45, 7) is 13.2. The number of nitrogens with two attached hydrogens (primary N) is 1. The molecule has 3 fully saturated rings. The summed E-state index contributed by atoms with van der Waals surface area (Å²) in [6.07, 6.45) is 2.18. The van der Waals surface area contributed by atoms with Crippen molar-refractivity contribution >= 4 is 12.0 Å². The van der Waals surface area contributed by atoms with E-state index in [1.54, 1.807) is 11.8 Å². The van der Waals surface area contributed by atoms with Crippen molar-refractivity contribution in [3.63, 3.8) is 0 Å². The number of nitrogens with zero attached hydrogens (tertiary/aromatic N) is 4. The molecule has 0 aromatic carbocycles. The number of hydrogen-bond donors (Lipinski definition) is 1. The van der Waals surface area contributed by atoms with E-state index in [4.69, 9.17) is 10.5 Å². The van der Waals surface area contributed by atoms with Gasteiger partial charge in [-0.25, -0.2) is 4.79 Å². The van der Waals surface area contributed by atoms with Gasteiger partial charge in [0.25, 0.3) is 0 Å². The number of carbonyl (C=O) groups excluding carboxylic acids is 2. The molecular weight excluding hydrogens is 346 g/mol. The summed E-state index contributed by atoms with van der Waals surface area (Å²) < 4.78 is 5.76. The van der Waals surface area contributed by atoms with Gasteiger partial charge in [0.15, 0.2) is 0 Å². The summed E-state index contributed by atoms with van der Waals surface area (Å²) >= 11 is 0. The Kier molecular flexibility index (Phi) is 6.60. The zero-order chi connectivity index (χ0) is 19.4. The Morgan fingerprint density at radius 3 is 2.33 bits per heavy atom. The maximum Gasteiger partial charge on any atom is 0.410 e. The van der Waals surface area contributed by atoms with Crippen molar-refractivity contribution in [2.45, 2.75) is 44.8 Å². The average molecular weight is 382 g/mol. The number of likely N-dealkylation sites (N-methyl/N-ethyl adjacent to an activating group) is 1. The summed E-state index contributed by atoms with van der Waals surface area (Å²) in [5.74, 6) is -0.0193. The van der Waals surface area contributed by atoms with Gasteiger partial charge in [-0.3, -0.25) is 4.79 Å². The summed E-state index contributed by atoms with van der Waals surface area (Å²) in [4.78, 5) is 33.0. The van der Waals surface area contributed by atoms with Gasteiger partial charge in [0.05, 0.1) is 12.6 Å². The average Bonchev–Trinajstić information content (AvgIpc) is 2.97. The number of carbonyl (C=O) groups is 2. The van der Waals surface area contributed by atoms with Crippen LogP contribution in [0.3, 0.4) is 0 Å². The number of amides is 2. The summed E-state index contributed by atoms with van der Waals surface area (Å²) in [5, 5.41) is 0. The van der Waals surface area contributed by atoms with Gasteiger partial charge in [-0.15, -0.1) is 0 Å². The van der Waals surface area contributed by atoms with E-state index in [-0.39, 0.29) is 12.0 Å². The predicted molar refractivity (Wildman–Crippen MR) is 103 cm³/mol. The lowest BCUT2D eigenvalue weighted by molar-refractivity contribution is -0.135. The molecule has 0 aromatic heterocycles. The van der Waals surface area contributed by atoms with Gasteiger partial charge in [-0.05, 0) is 26.4 Å². The highest BCUT2D eigenvalue weighted by Gasteiger charge is 2.47. The second-order valence-corrected chi connectivity index (χ2v) is 8.22. The second-order valence-electron chi connectivity index (χ2n) is 8.22. The Morgan fingerprint density at radius 1 is 1.11 bits per heavy atom. The van der Waals surface area contributed by atoms with Gasteiger partial charge in [0.1, 0.15) is 5.60 Å². The van der Waals surface area contributed by atoms with Crippen LogP contribution in [0.25, 0.3) is 0 Å². The highest BCUT2D eigenvalue weighted by molar-refractivity contribution is 5.81. The van der Waals surface area contributed by atoms with Crippen molar-refractivity contribution < 1.29 is 14.3 Å². The molecule has 8 nitrogen and oxygen atoms in total. The normalized spacial score (nSPS) is 25.1. The lowest BCUT2D eigenvalue weighted by atomic mass is 9.91. The zero-order valence-electron chi connectivity index (χ0n) is 16.9. The molecule has 27 heavy (non-hydrogen) atoms. The first-order valence-corrected chi connectivity index (χ1v) is 10.4. The first-order valence-electron chi connectivity index (χ1n) is 10.4. The topological polar surface area (TPSA) is 82.3 Å². The van der Waals surface area contributed by atoms with Crippen LogP contribution in [0.4, 0.5) is 4.79 Å². The van der Waals surface area contributed by atoms with Crippen LogP contribution in [-0.2, 0) is 9.53 Å². The molecule has 3 saturated heterocycles. The monoisotopic (exact) mass is 381 g/mol. The van der Waals surface area contributed by atoms with Gasteiger partial charge in [-0.1, -0.05) is 6.92 Å². The molecule has 0 saturated carbocycles. The number of hydrogen-bond acceptors (Lipinski definition) is 6. The van der Waals surface area contributed by atoms with E-state index >= 15 is 0 Å². The van der Waals surface area contributed by atoms with E-state index in [2.05, 4.69) is 16.7 Å². The van der Waals surface area contributed by atoms with Crippen molar-refractivity contribution in [3.05, 3.63) is 0 Å². The molecule has 2 amide bonds. The van der Waals surface area contributed by atoms with Crippen LogP contribution in [0.15, 0.2) is 0 Å². The number of piperidine rings is 1. The Balaban J connectivity index is 1.40. The van der Waals surface area contributed by atoms with Gasteiger partial charge < -0.3 is 30.1 Å². The molecule has 0 bridgehead atoms. The molecular formula is C19H35N5O3. The third kappa shape index (κ3) is 4.92. The SMILES string of the molecule is CCN1CCN(CCCN2CC3(CCN(C(=O)[C@H](C)N)CC3)OC2=O)CC1. The molecule has 154 valence electrons. The van der Waals surface area contributed by atoms with Crippen LogP contribution in [0, 0.1) is 0 Å². The Bertz CT molecular complexity index is 525. The van der Waals surface area contributed by atoms with E-state index in [0.29, 0.717) is 32.5 Å². The number of likely N-dealkylation sites (tertiary alicyclic amines) is 1. The fraction of sp³-hybridized carbons (Fsp3) is 0.895. The van der Waals surface area contributed by atoms with Crippen LogP contribution in [0.1, 0.15) is 33.1 Å². The number of ether oxygens (including phenoxy) is 1. The molecule has 8 heteroatoms. The molecule has 3 aliphatic heterocycles. The minimum atomic E-state index is -0.471. The molecule has 1 atom stereocenters. The molecule has 0 aliphatic carbocycles. The smallest absolute Gasteiger partial charge is 0.410 e. The molecule has 3 heterocycles. The maximum atomic E-state index is 12.3. The molecule has 3 aliphatic rings. The largest absolute Gasteiger partial charge is 0.441 e. The highest BCUT2D eigenvalue weighted by Crippen LogP contribution is 2.33. The van der Waals surface area contributed by atoms with Gasteiger partial charge in [0, 0.05) is 58.7 Å². The molecule has 0 radical (unpaired) electrons. The van der Waals surface area contributed by atoms with E-state index in [9.17, 15) is 9.59 Å². The minimum absolute atomic E-state index is 0.0193. The summed E-state index contributed by atoms with van der Waals surface area (Å²) in [6, 6.07) is -0.471. The molecule has 2 N–H and O–H groups in total. The Hall–Kier alpha value is -1.38.